The third-order valence-corrected chi connectivity index (χ3v) is 3.58. The molecule has 0 aliphatic carbocycles. The van der Waals surface area contributed by atoms with E-state index in [2.05, 4.69) is 21.2 Å². The average molecular weight is 339 g/mol. The van der Waals surface area contributed by atoms with Crippen molar-refractivity contribution in [3.63, 3.8) is 0 Å². The van der Waals surface area contributed by atoms with Crippen LogP contribution in [0.2, 0.25) is 5.02 Å². The second-order valence-corrected chi connectivity index (χ2v) is 5.63. The van der Waals surface area contributed by atoms with Crippen LogP contribution in [-0.2, 0) is 11.2 Å². The van der Waals surface area contributed by atoms with E-state index in [-0.39, 0.29) is 5.91 Å². The lowest BCUT2D eigenvalue weighted by Crippen LogP contribution is -2.14. The van der Waals surface area contributed by atoms with Crippen LogP contribution in [0.25, 0.3) is 0 Å². The molecule has 2 rings (SSSR count). The molecule has 0 aliphatic rings. The highest BCUT2D eigenvalue weighted by Crippen LogP contribution is 2.25. The minimum absolute atomic E-state index is 0.0492. The van der Waals surface area contributed by atoms with E-state index in [1.54, 1.807) is 18.2 Å². The Hall–Kier alpha value is -1.32. The number of hydrogen-bond acceptors (Lipinski definition) is 1. The minimum Gasteiger partial charge on any atom is -0.325 e. The van der Waals surface area contributed by atoms with Crippen molar-refractivity contribution in [2.75, 3.05) is 5.32 Å². The van der Waals surface area contributed by atoms with Gasteiger partial charge in [-0.25, -0.2) is 0 Å². The van der Waals surface area contributed by atoms with E-state index in [0.29, 0.717) is 11.4 Å². The topological polar surface area (TPSA) is 29.1 Å². The minimum atomic E-state index is -0.0492. The van der Waals surface area contributed by atoms with Crippen molar-refractivity contribution in [2.24, 2.45) is 0 Å². The Morgan fingerprint density at radius 2 is 1.89 bits per heavy atom. The molecule has 0 aliphatic heterocycles. The molecule has 2 aromatic carbocycles. The zero-order chi connectivity index (χ0) is 13.8. The summed E-state index contributed by atoms with van der Waals surface area (Å²) in [6, 6.07) is 13.2. The summed E-state index contributed by atoms with van der Waals surface area (Å²) >= 11 is 9.23. The number of halogens is 2. The number of anilines is 1. The van der Waals surface area contributed by atoms with Crippen molar-refractivity contribution in [3.8, 4) is 0 Å². The molecule has 2 nitrogen and oxygen atoms in total. The largest absolute Gasteiger partial charge is 0.325 e. The van der Waals surface area contributed by atoms with Crippen molar-refractivity contribution in [1.29, 1.82) is 0 Å². The van der Waals surface area contributed by atoms with Crippen LogP contribution in [0, 0.1) is 6.92 Å². The lowest BCUT2D eigenvalue weighted by Gasteiger charge is -2.08. The fraction of sp³-hybridized carbons (Fsp3) is 0.133. The summed E-state index contributed by atoms with van der Waals surface area (Å²) in [7, 11) is 0. The van der Waals surface area contributed by atoms with Gasteiger partial charge in [-0.2, -0.15) is 0 Å². The SMILES string of the molecule is Cc1ccc(CC(=O)Nc2ccc(Cl)cc2Br)cc1. The number of benzene rings is 2. The highest BCUT2D eigenvalue weighted by atomic mass is 79.9. The third-order valence-electron chi connectivity index (χ3n) is 2.69. The summed E-state index contributed by atoms with van der Waals surface area (Å²) in [4.78, 5) is 11.9. The van der Waals surface area contributed by atoms with Crippen LogP contribution in [0.1, 0.15) is 11.1 Å². The molecule has 0 bridgehead atoms. The average Bonchev–Trinajstić information content (AvgIpc) is 2.36. The Balaban J connectivity index is 2.03. The van der Waals surface area contributed by atoms with Crippen LogP contribution in [0.3, 0.4) is 0 Å². The quantitative estimate of drug-likeness (QED) is 0.871. The standard InChI is InChI=1S/C15H13BrClNO/c1-10-2-4-11(5-3-10)8-15(19)18-14-7-6-12(17)9-13(14)16/h2-7,9H,8H2,1H3,(H,18,19). The number of nitrogens with one attached hydrogen (secondary N) is 1. The molecule has 0 spiro atoms. The Morgan fingerprint density at radius 3 is 2.53 bits per heavy atom. The second-order valence-electron chi connectivity index (χ2n) is 4.33. The number of amides is 1. The van der Waals surface area contributed by atoms with Gasteiger partial charge in [0.15, 0.2) is 0 Å². The lowest BCUT2D eigenvalue weighted by molar-refractivity contribution is -0.115. The van der Waals surface area contributed by atoms with Crippen LogP contribution in [0.15, 0.2) is 46.9 Å². The molecule has 4 heteroatoms. The number of hydrogen-bond donors (Lipinski definition) is 1. The van der Waals surface area contributed by atoms with Gasteiger partial charge in [-0.3, -0.25) is 4.79 Å². The first kappa shape index (κ1) is 14.1. The van der Waals surface area contributed by atoms with Gasteiger partial charge in [-0.1, -0.05) is 41.4 Å². The van der Waals surface area contributed by atoms with E-state index in [0.717, 1.165) is 15.7 Å². The van der Waals surface area contributed by atoms with E-state index in [9.17, 15) is 4.79 Å². The molecule has 0 fully saturated rings. The molecule has 1 N–H and O–H groups in total. The summed E-state index contributed by atoms with van der Waals surface area (Å²) in [5.41, 5.74) is 2.90. The van der Waals surface area contributed by atoms with Gasteiger partial charge in [-0.15, -0.1) is 0 Å². The summed E-state index contributed by atoms with van der Waals surface area (Å²) in [6.45, 7) is 2.02. The molecule has 0 aromatic heterocycles. The van der Waals surface area contributed by atoms with Crippen LogP contribution >= 0.6 is 27.5 Å². The fourth-order valence-electron chi connectivity index (χ4n) is 1.68. The van der Waals surface area contributed by atoms with Gasteiger partial charge in [-0.05, 0) is 46.6 Å². The van der Waals surface area contributed by atoms with Gasteiger partial charge in [0.25, 0.3) is 0 Å². The zero-order valence-corrected chi connectivity index (χ0v) is 12.8. The molecule has 2 aromatic rings. The molecule has 19 heavy (non-hydrogen) atoms. The molecule has 0 heterocycles. The molecule has 0 unspecified atom stereocenters. The Labute approximate surface area is 125 Å². The van der Waals surface area contributed by atoms with Gasteiger partial charge in [0, 0.05) is 9.50 Å². The summed E-state index contributed by atoms with van der Waals surface area (Å²) < 4.78 is 0.775. The molecule has 0 saturated carbocycles. The number of carbonyl (C=O) groups excluding carboxylic acids is 1. The Morgan fingerprint density at radius 1 is 1.21 bits per heavy atom. The zero-order valence-electron chi connectivity index (χ0n) is 10.4. The van der Waals surface area contributed by atoms with Crippen LogP contribution in [0.5, 0.6) is 0 Å². The monoisotopic (exact) mass is 337 g/mol. The molecule has 0 radical (unpaired) electrons. The van der Waals surface area contributed by atoms with Gasteiger partial charge < -0.3 is 5.32 Å². The van der Waals surface area contributed by atoms with Gasteiger partial charge >= 0.3 is 0 Å². The van der Waals surface area contributed by atoms with E-state index in [4.69, 9.17) is 11.6 Å². The van der Waals surface area contributed by atoms with Crippen LogP contribution in [0.4, 0.5) is 5.69 Å². The van der Waals surface area contributed by atoms with Crippen molar-refractivity contribution >= 4 is 39.1 Å². The molecule has 98 valence electrons. The van der Waals surface area contributed by atoms with Crippen LogP contribution in [-0.4, -0.2) is 5.91 Å². The summed E-state index contributed by atoms with van der Waals surface area (Å²) in [5, 5.41) is 3.48. The van der Waals surface area contributed by atoms with Crippen molar-refractivity contribution in [1.82, 2.24) is 0 Å². The first-order valence-electron chi connectivity index (χ1n) is 5.85. The molecule has 0 atom stereocenters. The second kappa shape index (κ2) is 6.22. The van der Waals surface area contributed by atoms with Gasteiger partial charge in [0.05, 0.1) is 12.1 Å². The highest BCUT2D eigenvalue weighted by Gasteiger charge is 2.07. The Kier molecular flexibility index (Phi) is 4.61. The first-order valence-corrected chi connectivity index (χ1v) is 7.02. The number of aryl methyl sites for hydroxylation is 1. The predicted octanol–water partition coefficient (Wildman–Crippen LogP) is 4.59. The number of rotatable bonds is 3. The van der Waals surface area contributed by atoms with E-state index >= 15 is 0 Å². The highest BCUT2D eigenvalue weighted by molar-refractivity contribution is 9.10. The number of carbonyl (C=O) groups is 1. The molecule has 0 saturated heterocycles. The maximum absolute atomic E-state index is 11.9. The van der Waals surface area contributed by atoms with Crippen molar-refractivity contribution in [2.45, 2.75) is 13.3 Å². The van der Waals surface area contributed by atoms with Crippen LogP contribution < -0.4 is 5.32 Å². The van der Waals surface area contributed by atoms with E-state index in [1.165, 1.54) is 5.56 Å². The third kappa shape index (κ3) is 4.08. The molecule has 1 amide bonds. The first-order chi connectivity index (χ1) is 9.04. The fourth-order valence-corrected chi connectivity index (χ4v) is 2.46. The smallest absolute Gasteiger partial charge is 0.228 e. The predicted molar refractivity (Wildman–Crippen MR) is 82.7 cm³/mol. The Bertz CT molecular complexity index is 596. The molecular weight excluding hydrogens is 326 g/mol. The normalized spacial score (nSPS) is 10.3. The molecular formula is C15H13BrClNO. The summed E-state index contributed by atoms with van der Waals surface area (Å²) in [5.74, 6) is -0.0492. The van der Waals surface area contributed by atoms with Gasteiger partial charge in [0.2, 0.25) is 5.91 Å². The van der Waals surface area contributed by atoms with Gasteiger partial charge in [0.1, 0.15) is 0 Å². The van der Waals surface area contributed by atoms with E-state index < -0.39 is 0 Å². The van der Waals surface area contributed by atoms with Crippen molar-refractivity contribution in [3.05, 3.63) is 63.1 Å². The summed E-state index contributed by atoms with van der Waals surface area (Å²) in [6.07, 6.45) is 0.356. The lowest BCUT2D eigenvalue weighted by atomic mass is 10.1. The van der Waals surface area contributed by atoms with Crippen molar-refractivity contribution < 1.29 is 4.79 Å². The maximum atomic E-state index is 11.9. The maximum Gasteiger partial charge on any atom is 0.228 e. The van der Waals surface area contributed by atoms with E-state index in [1.807, 2.05) is 31.2 Å².